The van der Waals surface area contributed by atoms with Crippen LogP contribution in [-0.4, -0.2) is 50.0 Å². The van der Waals surface area contributed by atoms with Gasteiger partial charge in [0.15, 0.2) is 11.5 Å². The molecule has 3 aromatic rings. The summed E-state index contributed by atoms with van der Waals surface area (Å²) < 4.78 is 27.1. The van der Waals surface area contributed by atoms with Gasteiger partial charge < -0.3 is 28.8 Å². The number of methoxy groups -OCH3 is 2. The van der Waals surface area contributed by atoms with E-state index in [0.29, 0.717) is 55.1 Å². The van der Waals surface area contributed by atoms with E-state index in [0.717, 1.165) is 36.1 Å². The quantitative estimate of drug-likeness (QED) is 0.324. The van der Waals surface area contributed by atoms with E-state index < -0.39 is 0 Å². The normalized spacial score (nSPS) is 12.5. The first-order valence-electron chi connectivity index (χ1n) is 11.6. The number of amides is 1. The van der Waals surface area contributed by atoms with Gasteiger partial charge in [-0.05, 0) is 60.9 Å². The highest BCUT2D eigenvalue weighted by atomic mass is 16.6. The standard InChI is InChI=1S/C26H29N3O6/c1-31-20-10-8-19(9-11-20)26-28-24(35-29-26)6-4-3-5-13-27-23(30)12-7-18-16-21(32-2)25-22(17-18)33-14-15-34-25/h7-12,16-17H,3-6,13-15H2,1-2H3,(H,27,30). The van der Waals surface area contributed by atoms with E-state index in [1.807, 2.05) is 36.4 Å². The van der Waals surface area contributed by atoms with Crippen molar-refractivity contribution in [2.45, 2.75) is 25.7 Å². The van der Waals surface area contributed by atoms with Gasteiger partial charge in [0.1, 0.15) is 19.0 Å². The molecule has 1 aliphatic rings. The van der Waals surface area contributed by atoms with Crippen LogP contribution in [-0.2, 0) is 11.2 Å². The van der Waals surface area contributed by atoms with Crippen LogP contribution < -0.4 is 24.3 Å². The van der Waals surface area contributed by atoms with Crippen molar-refractivity contribution in [3.63, 3.8) is 0 Å². The Bertz CT molecular complexity index is 1140. The van der Waals surface area contributed by atoms with Gasteiger partial charge in [-0.3, -0.25) is 4.79 Å². The number of aryl methyl sites for hydroxylation is 1. The van der Waals surface area contributed by atoms with Crippen LogP contribution in [0, 0.1) is 0 Å². The van der Waals surface area contributed by atoms with E-state index in [2.05, 4.69) is 15.5 Å². The molecular weight excluding hydrogens is 450 g/mol. The van der Waals surface area contributed by atoms with Gasteiger partial charge in [-0.2, -0.15) is 4.98 Å². The van der Waals surface area contributed by atoms with Crippen molar-refractivity contribution in [3.05, 3.63) is 53.9 Å². The zero-order valence-corrected chi connectivity index (χ0v) is 19.9. The van der Waals surface area contributed by atoms with Crippen molar-refractivity contribution < 1.29 is 28.3 Å². The summed E-state index contributed by atoms with van der Waals surface area (Å²) in [6.07, 6.45) is 6.62. The fourth-order valence-electron chi connectivity index (χ4n) is 3.62. The second-order valence-corrected chi connectivity index (χ2v) is 7.92. The molecule has 1 aromatic heterocycles. The number of fused-ring (bicyclic) bond motifs is 1. The highest BCUT2D eigenvalue weighted by Gasteiger charge is 2.17. The van der Waals surface area contributed by atoms with Crippen molar-refractivity contribution in [2.75, 3.05) is 34.0 Å². The monoisotopic (exact) mass is 479 g/mol. The van der Waals surface area contributed by atoms with Crippen molar-refractivity contribution >= 4 is 12.0 Å². The van der Waals surface area contributed by atoms with Crippen molar-refractivity contribution in [2.24, 2.45) is 0 Å². The van der Waals surface area contributed by atoms with Crippen LogP contribution in [0.5, 0.6) is 23.0 Å². The fourth-order valence-corrected chi connectivity index (χ4v) is 3.62. The number of benzene rings is 2. The maximum absolute atomic E-state index is 12.2. The van der Waals surface area contributed by atoms with Gasteiger partial charge in [0.25, 0.3) is 0 Å². The van der Waals surface area contributed by atoms with Crippen molar-refractivity contribution in [3.8, 4) is 34.4 Å². The minimum atomic E-state index is -0.153. The van der Waals surface area contributed by atoms with Gasteiger partial charge in [-0.1, -0.05) is 11.6 Å². The molecule has 35 heavy (non-hydrogen) atoms. The summed E-state index contributed by atoms with van der Waals surface area (Å²) in [5.74, 6) is 3.60. The second kappa shape index (κ2) is 11.9. The van der Waals surface area contributed by atoms with Crippen LogP contribution in [0.15, 0.2) is 47.0 Å². The number of hydrogen-bond donors (Lipinski definition) is 1. The lowest BCUT2D eigenvalue weighted by Gasteiger charge is -2.20. The third-order valence-corrected chi connectivity index (χ3v) is 5.46. The molecule has 184 valence electrons. The largest absolute Gasteiger partial charge is 0.497 e. The second-order valence-electron chi connectivity index (χ2n) is 7.92. The van der Waals surface area contributed by atoms with Crippen LogP contribution in [0.2, 0.25) is 0 Å². The lowest BCUT2D eigenvalue weighted by Crippen LogP contribution is -2.22. The Kier molecular flexibility index (Phi) is 8.21. The predicted molar refractivity (Wildman–Crippen MR) is 130 cm³/mol. The van der Waals surface area contributed by atoms with Crippen LogP contribution in [0.1, 0.15) is 30.7 Å². The van der Waals surface area contributed by atoms with Gasteiger partial charge in [-0.25, -0.2) is 0 Å². The van der Waals surface area contributed by atoms with Gasteiger partial charge in [-0.15, -0.1) is 0 Å². The van der Waals surface area contributed by atoms with Gasteiger partial charge in [0.2, 0.25) is 23.4 Å². The maximum Gasteiger partial charge on any atom is 0.243 e. The van der Waals surface area contributed by atoms with Crippen molar-refractivity contribution in [1.29, 1.82) is 0 Å². The molecule has 1 amide bonds. The third kappa shape index (κ3) is 6.53. The number of carbonyl (C=O) groups is 1. The van der Waals surface area contributed by atoms with E-state index in [4.69, 9.17) is 23.5 Å². The number of nitrogens with one attached hydrogen (secondary N) is 1. The third-order valence-electron chi connectivity index (χ3n) is 5.46. The van der Waals surface area contributed by atoms with Crippen LogP contribution >= 0.6 is 0 Å². The van der Waals surface area contributed by atoms with Crippen LogP contribution in [0.4, 0.5) is 0 Å². The molecule has 1 aliphatic heterocycles. The Balaban J connectivity index is 1.16. The smallest absolute Gasteiger partial charge is 0.243 e. The number of unbranched alkanes of at least 4 members (excludes halogenated alkanes) is 2. The van der Waals surface area contributed by atoms with E-state index in [9.17, 15) is 4.79 Å². The van der Waals surface area contributed by atoms with Crippen molar-refractivity contribution in [1.82, 2.24) is 15.5 Å². The molecule has 0 spiro atoms. The molecule has 0 radical (unpaired) electrons. The minimum absolute atomic E-state index is 0.153. The molecule has 0 aliphatic carbocycles. The molecule has 2 aromatic carbocycles. The number of aromatic nitrogens is 2. The summed E-state index contributed by atoms with van der Waals surface area (Å²) in [5.41, 5.74) is 1.68. The summed E-state index contributed by atoms with van der Waals surface area (Å²) in [6, 6.07) is 11.2. The van der Waals surface area contributed by atoms with Gasteiger partial charge >= 0.3 is 0 Å². The lowest BCUT2D eigenvalue weighted by molar-refractivity contribution is -0.116. The zero-order valence-electron chi connectivity index (χ0n) is 19.9. The molecule has 0 fully saturated rings. The molecule has 0 unspecified atom stereocenters. The number of rotatable bonds is 11. The van der Waals surface area contributed by atoms with Gasteiger partial charge in [0.05, 0.1) is 14.2 Å². The number of nitrogens with zero attached hydrogens (tertiary/aromatic N) is 2. The average Bonchev–Trinajstić information content (AvgIpc) is 3.38. The summed E-state index contributed by atoms with van der Waals surface area (Å²) >= 11 is 0. The minimum Gasteiger partial charge on any atom is -0.497 e. The predicted octanol–water partition coefficient (Wildman–Crippen LogP) is 4.07. The Morgan fingerprint density at radius 1 is 1.06 bits per heavy atom. The molecule has 4 rings (SSSR count). The van der Waals surface area contributed by atoms with E-state index in [1.54, 1.807) is 20.3 Å². The molecule has 2 heterocycles. The number of hydrogen-bond acceptors (Lipinski definition) is 8. The zero-order chi connectivity index (χ0) is 24.5. The Morgan fingerprint density at radius 3 is 2.69 bits per heavy atom. The molecule has 0 saturated carbocycles. The average molecular weight is 480 g/mol. The molecular formula is C26H29N3O6. The lowest BCUT2D eigenvalue weighted by atomic mass is 10.1. The number of carbonyl (C=O) groups excluding carboxylic acids is 1. The maximum atomic E-state index is 12.2. The first kappa shape index (κ1) is 24.1. The van der Waals surface area contributed by atoms with Crippen LogP contribution in [0.25, 0.3) is 17.5 Å². The first-order valence-corrected chi connectivity index (χ1v) is 11.6. The highest BCUT2D eigenvalue weighted by molar-refractivity contribution is 5.91. The molecule has 1 N–H and O–H groups in total. The summed E-state index contributed by atoms with van der Waals surface area (Å²) in [7, 11) is 3.20. The summed E-state index contributed by atoms with van der Waals surface area (Å²) in [6.45, 7) is 1.56. The van der Waals surface area contributed by atoms with Crippen LogP contribution in [0.3, 0.4) is 0 Å². The van der Waals surface area contributed by atoms with E-state index >= 15 is 0 Å². The summed E-state index contributed by atoms with van der Waals surface area (Å²) in [5, 5.41) is 6.95. The SMILES string of the molecule is COc1ccc(-c2noc(CCCCCNC(=O)C=Cc3cc(OC)c4c(c3)OCCO4)n2)cc1. The highest BCUT2D eigenvalue weighted by Crippen LogP contribution is 2.40. The fraction of sp³-hybridized carbons (Fsp3) is 0.346. The van der Waals surface area contributed by atoms with E-state index in [1.165, 1.54) is 6.08 Å². The Morgan fingerprint density at radius 2 is 1.89 bits per heavy atom. The first-order chi connectivity index (χ1) is 17.2. The van der Waals surface area contributed by atoms with Gasteiger partial charge in [0, 0.05) is 24.6 Å². The molecule has 9 heteroatoms. The molecule has 0 atom stereocenters. The topological polar surface area (TPSA) is 105 Å². The number of ether oxygens (including phenoxy) is 4. The molecule has 9 nitrogen and oxygen atoms in total. The summed E-state index contributed by atoms with van der Waals surface area (Å²) in [4.78, 5) is 16.6. The van der Waals surface area contributed by atoms with E-state index in [-0.39, 0.29) is 5.91 Å². The molecule has 0 saturated heterocycles. The Hall–Kier alpha value is -4.01. The Labute approximate surface area is 204 Å². The molecule has 0 bridgehead atoms.